The second kappa shape index (κ2) is 9.08. The fourth-order valence-electron chi connectivity index (χ4n) is 3.23. The van der Waals surface area contributed by atoms with E-state index in [4.69, 9.17) is 11.6 Å². The molecular weight excluding hydrogens is 431 g/mol. The molecule has 0 unspecified atom stereocenters. The smallest absolute Gasteiger partial charge is 0.266 e. The van der Waals surface area contributed by atoms with E-state index in [2.05, 4.69) is 4.99 Å². The summed E-state index contributed by atoms with van der Waals surface area (Å²) in [7, 11) is 0. The van der Waals surface area contributed by atoms with Gasteiger partial charge in [-0.25, -0.2) is 9.38 Å². The van der Waals surface area contributed by atoms with Crippen molar-refractivity contribution < 1.29 is 9.18 Å². The highest BCUT2D eigenvalue weighted by molar-refractivity contribution is 8.13. The SMILES string of the molecule is Cc1cccc(N2C(=O)/C(=C\c3ccc(Cl)cc3)N=C2SCc2ccc(F)cc2)c1C. The van der Waals surface area contributed by atoms with Crippen LogP contribution in [-0.2, 0) is 10.5 Å². The van der Waals surface area contributed by atoms with Gasteiger partial charge in [0.05, 0.1) is 5.69 Å². The number of nitrogens with zero attached hydrogens (tertiary/aromatic N) is 2. The standard InChI is InChI=1S/C25H20ClFN2OS/c1-16-4-3-5-23(17(16)2)29-24(30)22(14-18-6-10-20(26)11-7-18)28-25(29)31-15-19-8-12-21(27)13-9-19/h3-14H,15H2,1-2H3/b22-14+. The van der Waals surface area contributed by atoms with E-state index in [0.717, 1.165) is 27.9 Å². The number of benzene rings is 3. The molecule has 4 rings (SSSR count). The Morgan fingerprint density at radius 2 is 1.74 bits per heavy atom. The van der Waals surface area contributed by atoms with Crippen LogP contribution in [0, 0.1) is 19.7 Å². The second-order valence-electron chi connectivity index (χ2n) is 7.25. The number of rotatable bonds is 4. The molecule has 0 saturated carbocycles. The Hall–Kier alpha value is -2.89. The zero-order valence-electron chi connectivity index (χ0n) is 17.1. The maximum Gasteiger partial charge on any atom is 0.283 e. The lowest BCUT2D eigenvalue weighted by molar-refractivity contribution is -0.113. The molecule has 0 bridgehead atoms. The number of amides is 1. The Kier molecular flexibility index (Phi) is 6.25. The molecule has 0 fully saturated rings. The number of thioether (sulfide) groups is 1. The van der Waals surface area contributed by atoms with E-state index in [9.17, 15) is 9.18 Å². The molecule has 1 heterocycles. The van der Waals surface area contributed by atoms with Gasteiger partial charge in [0, 0.05) is 10.8 Å². The highest BCUT2D eigenvalue weighted by Gasteiger charge is 2.33. The van der Waals surface area contributed by atoms with Crippen molar-refractivity contribution in [3.05, 3.63) is 106 Å². The van der Waals surface area contributed by atoms with E-state index in [0.29, 0.717) is 21.6 Å². The molecule has 3 nitrogen and oxygen atoms in total. The predicted octanol–water partition coefficient (Wildman–Crippen LogP) is 6.77. The molecular formula is C25H20ClFN2OS. The number of hydrogen-bond acceptors (Lipinski definition) is 3. The molecule has 0 aliphatic carbocycles. The summed E-state index contributed by atoms with van der Waals surface area (Å²) in [4.78, 5) is 19.7. The van der Waals surface area contributed by atoms with Crippen molar-refractivity contribution in [3.8, 4) is 0 Å². The molecule has 0 aromatic heterocycles. The summed E-state index contributed by atoms with van der Waals surface area (Å²) in [6.45, 7) is 4.02. The van der Waals surface area contributed by atoms with Crippen molar-refractivity contribution in [2.75, 3.05) is 4.90 Å². The summed E-state index contributed by atoms with van der Waals surface area (Å²) in [6, 6.07) is 19.5. The van der Waals surface area contributed by atoms with Gasteiger partial charge in [0.1, 0.15) is 11.5 Å². The van der Waals surface area contributed by atoms with Crippen LogP contribution in [0.5, 0.6) is 0 Å². The first-order valence-corrected chi connectivity index (χ1v) is 11.1. The van der Waals surface area contributed by atoms with E-state index < -0.39 is 0 Å². The fourth-order valence-corrected chi connectivity index (χ4v) is 4.32. The quantitative estimate of drug-likeness (QED) is 0.411. The Morgan fingerprint density at radius 3 is 2.45 bits per heavy atom. The summed E-state index contributed by atoms with van der Waals surface area (Å²) >= 11 is 7.43. The first-order chi connectivity index (χ1) is 14.9. The van der Waals surface area contributed by atoms with Gasteiger partial charge < -0.3 is 0 Å². The summed E-state index contributed by atoms with van der Waals surface area (Å²) in [6.07, 6.45) is 1.77. The highest BCUT2D eigenvalue weighted by Crippen LogP contribution is 2.33. The van der Waals surface area contributed by atoms with Gasteiger partial charge in [-0.1, -0.05) is 59.8 Å². The molecule has 0 spiro atoms. The van der Waals surface area contributed by atoms with Crippen LogP contribution in [0.3, 0.4) is 0 Å². The maximum atomic E-state index is 13.4. The predicted molar refractivity (Wildman–Crippen MR) is 128 cm³/mol. The van der Waals surface area contributed by atoms with E-state index in [1.807, 2.05) is 44.2 Å². The van der Waals surface area contributed by atoms with Crippen molar-refractivity contribution in [1.82, 2.24) is 0 Å². The van der Waals surface area contributed by atoms with E-state index >= 15 is 0 Å². The summed E-state index contributed by atoms with van der Waals surface area (Å²) in [5, 5.41) is 1.24. The van der Waals surface area contributed by atoms with E-state index in [1.165, 1.54) is 23.9 Å². The molecule has 3 aromatic carbocycles. The molecule has 0 atom stereocenters. The summed E-state index contributed by atoms with van der Waals surface area (Å²) in [5.41, 5.74) is 5.11. The lowest BCUT2D eigenvalue weighted by atomic mass is 10.1. The van der Waals surface area contributed by atoms with Gasteiger partial charge in [-0.15, -0.1) is 0 Å². The number of carbonyl (C=O) groups excluding carboxylic acids is 1. The average Bonchev–Trinajstić information content (AvgIpc) is 3.06. The molecule has 31 heavy (non-hydrogen) atoms. The Bertz CT molecular complexity index is 1190. The third-order valence-corrected chi connectivity index (χ3v) is 6.36. The van der Waals surface area contributed by atoms with Crippen LogP contribution in [-0.4, -0.2) is 11.1 Å². The fraction of sp³-hybridized carbons (Fsp3) is 0.120. The molecule has 1 aliphatic rings. The minimum absolute atomic E-state index is 0.176. The second-order valence-corrected chi connectivity index (χ2v) is 8.63. The van der Waals surface area contributed by atoms with Crippen LogP contribution >= 0.6 is 23.4 Å². The number of anilines is 1. The van der Waals surface area contributed by atoms with Crippen molar-refractivity contribution in [2.24, 2.45) is 4.99 Å². The molecule has 156 valence electrons. The van der Waals surface area contributed by atoms with Gasteiger partial charge in [0.15, 0.2) is 5.17 Å². The molecule has 0 saturated heterocycles. The summed E-state index contributed by atoms with van der Waals surface area (Å²) < 4.78 is 13.2. The lowest BCUT2D eigenvalue weighted by Gasteiger charge is -2.21. The van der Waals surface area contributed by atoms with Crippen LogP contribution in [0.1, 0.15) is 22.3 Å². The molecule has 3 aromatic rings. The van der Waals surface area contributed by atoms with E-state index in [-0.39, 0.29) is 11.7 Å². The molecule has 0 N–H and O–H groups in total. The third kappa shape index (κ3) is 4.73. The van der Waals surface area contributed by atoms with Crippen molar-refractivity contribution in [3.63, 3.8) is 0 Å². The Balaban J connectivity index is 1.70. The first kappa shape index (κ1) is 21.3. The zero-order valence-corrected chi connectivity index (χ0v) is 18.7. The zero-order chi connectivity index (χ0) is 22.0. The van der Waals surface area contributed by atoms with Gasteiger partial charge in [0.2, 0.25) is 0 Å². The Labute approximate surface area is 190 Å². The highest BCUT2D eigenvalue weighted by atomic mass is 35.5. The number of aryl methyl sites for hydroxylation is 1. The van der Waals surface area contributed by atoms with Crippen LogP contribution < -0.4 is 4.90 Å². The summed E-state index contributed by atoms with van der Waals surface area (Å²) in [5.74, 6) is 0.125. The number of hydrogen-bond donors (Lipinski definition) is 0. The van der Waals surface area contributed by atoms with Crippen molar-refractivity contribution in [2.45, 2.75) is 19.6 Å². The van der Waals surface area contributed by atoms with E-state index in [1.54, 1.807) is 35.2 Å². The van der Waals surface area contributed by atoms with Crippen LogP contribution in [0.2, 0.25) is 5.02 Å². The van der Waals surface area contributed by atoms with Gasteiger partial charge >= 0.3 is 0 Å². The first-order valence-electron chi connectivity index (χ1n) is 9.76. The van der Waals surface area contributed by atoms with Gasteiger partial charge in [-0.3, -0.25) is 9.69 Å². The van der Waals surface area contributed by atoms with Crippen LogP contribution in [0.4, 0.5) is 10.1 Å². The number of amidine groups is 1. The molecule has 1 amide bonds. The lowest BCUT2D eigenvalue weighted by Crippen LogP contribution is -2.31. The van der Waals surface area contributed by atoms with Gasteiger partial charge in [0.25, 0.3) is 5.91 Å². The topological polar surface area (TPSA) is 32.7 Å². The van der Waals surface area contributed by atoms with Crippen molar-refractivity contribution in [1.29, 1.82) is 0 Å². The maximum absolute atomic E-state index is 13.4. The van der Waals surface area contributed by atoms with Gasteiger partial charge in [-0.2, -0.15) is 0 Å². The monoisotopic (exact) mass is 450 g/mol. The molecule has 0 radical (unpaired) electrons. The molecule has 1 aliphatic heterocycles. The van der Waals surface area contributed by atoms with Crippen LogP contribution in [0.25, 0.3) is 6.08 Å². The Morgan fingerprint density at radius 1 is 1.03 bits per heavy atom. The third-order valence-electron chi connectivity index (χ3n) is 5.10. The largest absolute Gasteiger partial charge is 0.283 e. The number of halogens is 2. The van der Waals surface area contributed by atoms with Crippen LogP contribution in [0.15, 0.2) is 77.4 Å². The van der Waals surface area contributed by atoms with Gasteiger partial charge in [-0.05, 0) is 72.5 Å². The number of carbonyl (C=O) groups is 1. The minimum atomic E-state index is -0.271. The normalized spacial score (nSPS) is 15.0. The average molecular weight is 451 g/mol. The molecule has 6 heteroatoms. The van der Waals surface area contributed by atoms with Crippen molar-refractivity contribution >= 4 is 46.2 Å². The number of aliphatic imine (C=N–C) groups is 1. The minimum Gasteiger partial charge on any atom is -0.266 e.